The molecule has 0 spiro atoms. The lowest BCUT2D eigenvalue weighted by molar-refractivity contribution is 0.0999. The lowest BCUT2D eigenvalue weighted by Gasteiger charge is -2.23. The Kier molecular flexibility index (Phi) is 4.96. The van der Waals surface area contributed by atoms with E-state index in [2.05, 4.69) is 4.98 Å². The van der Waals surface area contributed by atoms with Crippen LogP contribution >= 0.6 is 23.6 Å². The quantitative estimate of drug-likeness (QED) is 0.408. The summed E-state index contributed by atoms with van der Waals surface area (Å²) in [6, 6.07) is 26.9. The van der Waals surface area contributed by atoms with Gasteiger partial charge in [-0.25, -0.2) is 0 Å². The van der Waals surface area contributed by atoms with E-state index in [9.17, 15) is 4.79 Å². The Bertz CT molecular complexity index is 1100. The van der Waals surface area contributed by atoms with Crippen molar-refractivity contribution in [2.45, 2.75) is 0 Å². The van der Waals surface area contributed by atoms with Gasteiger partial charge in [0.05, 0.1) is 5.69 Å². The van der Waals surface area contributed by atoms with E-state index in [1.54, 1.807) is 4.90 Å². The van der Waals surface area contributed by atoms with Crippen LogP contribution in [-0.4, -0.2) is 10.9 Å². The fourth-order valence-corrected chi connectivity index (χ4v) is 3.73. The number of amides is 1. The lowest BCUT2D eigenvalue weighted by atomic mass is 10.1. The molecule has 0 atom stereocenters. The van der Waals surface area contributed by atoms with Crippen molar-refractivity contribution in [2.24, 2.45) is 0 Å². The monoisotopic (exact) mass is 388 g/mol. The molecule has 0 radical (unpaired) electrons. The van der Waals surface area contributed by atoms with Gasteiger partial charge in [-0.3, -0.25) is 9.69 Å². The molecule has 3 nitrogen and oxygen atoms in total. The Balaban J connectivity index is 1.75. The number of nitrogens with zero attached hydrogens (tertiary/aromatic N) is 1. The molecule has 0 fully saturated rings. The summed E-state index contributed by atoms with van der Waals surface area (Å²) >= 11 is 6.67. The van der Waals surface area contributed by atoms with Gasteiger partial charge < -0.3 is 4.98 Å². The van der Waals surface area contributed by atoms with Gasteiger partial charge in [0.25, 0.3) is 5.91 Å². The van der Waals surface area contributed by atoms with Crippen LogP contribution in [0, 0.1) is 3.95 Å². The van der Waals surface area contributed by atoms with Crippen molar-refractivity contribution in [3.05, 3.63) is 99.8 Å². The number of thiazole rings is 1. The summed E-state index contributed by atoms with van der Waals surface area (Å²) in [6.45, 7) is 0. The number of hydrogen-bond acceptors (Lipinski definition) is 3. The summed E-state index contributed by atoms with van der Waals surface area (Å²) in [4.78, 5) is 18.1. The highest BCUT2D eigenvalue weighted by atomic mass is 32.1. The van der Waals surface area contributed by atoms with E-state index in [1.807, 2.05) is 90.3 Å². The number of hydrogen-bond donors (Lipinski definition) is 1. The predicted molar refractivity (Wildman–Crippen MR) is 114 cm³/mol. The summed E-state index contributed by atoms with van der Waals surface area (Å²) in [5.41, 5.74) is 4.30. The van der Waals surface area contributed by atoms with E-state index in [0.29, 0.717) is 5.56 Å². The van der Waals surface area contributed by atoms with Crippen LogP contribution < -0.4 is 4.90 Å². The van der Waals surface area contributed by atoms with Crippen molar-refractivity contribution in [3.8, 4) is 11.3 Å². The van der Waals surface area contributed by atoms with Gasteiger partial charge in [0.1, 0.15) is 0 Å². The highest BCUT2D eigenvalue weighted by Crippen LogP contribution is 2.30. The third kappa shape index (κ3) is 3.74. The molecule has 1 heterocycles. The van der Waals surface area contributed by atoms with E-state index in [1.165, 1.54) is 11.3 Å². The van der Waals surface area contributed by atoms with Crippen molar-refractivity contribution in [1.29, 1.82) is 0 Å². The van der Waals surface area contributed by atoms with Crippen LogP contribution in [-0.2, 0) is 0 Å². The second-order valence-corrected chi connectivity index (χ2v) is 7.50. The van der Waals surface area contributed by atoms with Gasteiger partial charge in [-0.15, -0.1) is 11.3 Å². The number of rotatable bonds is 4. The summed E-state index contributed by atoms with van der Waals surface area (Å²) in [6.07, 6.45) is 0. The van der Waals surface area contributed by atoms with Crippen molar-refractivity contribution < 1.29 is 4.79 Å². The molecule has 27 heavy (non-hydrogen) atoms. The molecule has 132 valence electrons. The van der Waals surface area contributed by atoms with Gasteiger partial charge in [0.2, 0.25) is 0 Å². The molecule has 0 aliphatic rings. The summed E-state index contributed by atoms with van der Waals surface area (Å²) in [5.74, 6) is -0.0653. The Morgan fingerprint density at radius 3 is 2.00 bits per heavy atom. The lowest BCUT2D eigenvalue weighted by Crippen LogP contribution is -2.25. The number of carbonyl (C=O) groups excluding carboxylic acids is 1. The molecule has 4 rings (SSSR count). The minimum Gasteiger partial charge on any atom is -0.337 e. The van der Waals surface area contributed by atoms with Crippen LogP contribution in [0.4, 0.5) is 11.4 Å². The summed E-state index contributed by atoms with van der Waals surface area (Å²) in [7, 11) is 0. The van der Waals surface area contributed by atoms with Crippen LogP contribution in [0.3, 0.4) is 0 Å². The van der Waals surface area contributed by atoms with Gasteiger partial charge in [-0.05, 0) is 54.2 Å². The number of benzene rings is 3. The molecular formula is C22H16N2OS2. The zero-order valence-corrected chi connectivity index (χ0v) is 16.0. The maximum Gasteiger partial charge on any atom is 0.262 e. The molecule has 0 aliphatic heterocycles. The number of aromatic nitrogens is 1. The standard InChI is InChI=1S/C22H16N2OS2/c25-21(17-7-3-1-4-8-17)24(18-9-5-2-6-10-18)19-13-11-16(12-14-19)20-15-27-22(26)23-20/h1-15H,(H,23,26). The zero-order valence-electron chi connectivity index (χ0n) is 14.3. The largest absolute Gasteiger partial charge is 0.337 e. The first-order valence-electron chi connectivity index (χ1n) is 8.45. The van der Waals surface area contributed by atoms with E-state index < -0.39 is 0 Å². The Labute approximate surface area is 166 Å². The van der Waals surface area contributed by atoms with Crippen molar-refractivity contribution in [1.82, 2.24) is 4.98 Å². The normalized spacial score (nSPS) is 10.5. The van der Waals surface area contributed by atoms with Crippen LogP contribution in [0.1, 0.15) is 10.4 Å². The Hall–Kier alpha value is -3.02. The maximum absolute atomic E-state index is 13.2. The fraction of sp³-hybridized carbons (Fsp3) is 0. The first-order valence-corrected chi connectivity index (χ1v) is 9.74. The van der Waals surface area contributed by atoms with Gasteiger partial charge in [-0.1, -0.05) is 48.5 Å². The summed E-state index contributed by atoms with van der Waals surface area (Å²) in [5, 5.41) is 2.00. The number of nitrogens with one attached hydrogen (secondary N) is 1. The predicted octanol–water partition coefficient (Wildman–Crippen LogP) is 6.45. The number of H-pyrrole nitrogens is 1. The highest BCUT2D eigenvalue weighted by molar-refractivity contribution is 7.73. The number of aromatic amines is 1. The smallest absolute Gasteiger partial charge is 0.262 e. The first-order chi connectivity index (χ1) is 13.2. The molecule has 0 unspecified atom stereocenters. The van der Waals surface area contributed by atoms with Gasteiger partial charge >= 0.3 is 0 Å². The topological polar surface area (TPSA) is 36.1 Å². The molecule has 1 amide bonds. The Morgan fingerprint density at radius 2 is 1.41 bits per heavy atom. The van der Waals surface area contributed by atoms with Crippen molar-refractivity contribution >= 4 is 40.8 Å². The Morgan fingerprint density at radius 1 is 0.815 bits per heavy atom. The van der Waals surface area contributed by atoms with Crippen LogP contribution in [0.5, 0.6) is 0 Å². The third-order valence-electron chi connectivity index (χ3n) is 4.20. The molecule has 1 N–H and O–H groups in total. The minimum atomic E-state index is -0.0653. The second kappa shape index (κ2) is 7.70. The molecule has 1 aromatic heterocycles. The molecule has 0 aliphatic carbocycles. The molecule has 0 saturated heterocycles. The average Bonchev–Trinajstić information content (AvgIpc) is 3.16. The van der Waals surface area contributed by atoms with Crippen molar-refractivity contribution in [3.63, 3.8) is 0 Å². The van der Waals surface area contributed by atoms with E-state index in [0.717, 1.165) is 26.6 Å². The maximum atomic E-state index is 13.2. The van der Waals surface area contributed by atoms with Crippen LogP contribution in [0.2, 0.25) is 0 Å². The number of para-hydroxylation sites is 1. The SMILES string of the molecule is O=C(c1ccccc1)N(c1ccccc1)c1ccc(-c2csc(=S)[nH]2)cc1. The van der Waals surface area contributed by atoms with Gasteiger partial charge in [-0.2, -0.15) is 0 Å². The van der Waals surface area contributed by atoms with Crippen LogP contribution in [0.15, 0.2) is 90.3 Å². The van der Waals surface area contributed by atoms with Gasteiger partial charge in [0.15, 0.2) is 3.95 Å². The molecule has 4 aromatic rings. The van der Waals surface area contributed by atoms with E-state index >= 15 is 0 Å². The fourth-order valence-electron chi connectivity index (χ4n) is 2.88. The third-order valence-corrected chi connectivity index (χ3v) is 5.26. The molecule has 0 saturated carbocycles. The van der Waals surface area contributed by atoms with Crippen LogP contribution in [0.25, 0.3) is 11.3 Å². The number of carbonyl (C=O) groups is 1. The zero-order chi connectivity index (χ0) is 18.6. The van der Waals surface area contributed by atoms with E-state index in [4.69, 9.17) is 12.2 Å². The highest BCUT2D eigenvalue weighted by Gasteiger charge is 2.19. The minimum absolute atomic E-state index is 0.0653. The van der Waals surface area contributed by atoms with Gasteiger partial charge in [0, 0.05) is 22.3 Å². The summed E-state index contributed by atoms with van der Waals surface area (Å²) < 4.78 is 0.749. The molecule has 3 aromatic carbocycles. The number of anilines is 2. The average molecular weight is 389 g/mol. The molecule has 5 heteroatoms. The molecule has 0 bridgehead atoms. The second-order valence-electron chi connectivity index (χ2n) is 5.95. The van der Waals surface area contributed by atoms with E-state index in [-0.39, 0.29) is 5.91 Å². The van der Waals surface area contributed by atoms with Crippen molar-refractivity contribution in [2.75, 3.05) is 4.90 Å². The molecular weight excluding hydrogens is 372 g/mol. The first kappa shape index (κ1) is 17.4.